The molecule has 6 heteroatoms. The average molecular weight is 695 g/mol. The van der Waals surface area contributed by atoms with Gasteiger partial charge in [-0.25, -0.2) is 0 Å². The van der Waals surface area contributed by atoms with E-state index in [1.165, 1.54) is 48.8 Å². The van der Waals surface area contributed by atoms with Gasteiger partial charge in [-0.2, -0.15) is 0 Å². The molecule has 2 aliphatic rings. The summed E-state index contributed by atoms with van der Waals surface area (Å²) in [6, 6.07) is 17.3. The molecule has 48 heavy (non-hydrogen) atoms. The average Bonchev–Trinajstić information content (AvgIpc) is 3.32. The lowest BCUT2D eigenvalue weighted by Crippen LogP contribution is -2.45. The van der Waals surface area contributed by atoms with Crippen LogP contribution in [0.5, 0.6) is 5.75 Å². The molecule has 0 bridgehead atoms. The molecule has 2 aromatic carbocycles. The van der Waals surface area contributed by atoms with Gasteiger partial charge < -0.3 is 18.3 Å². The van der Waals surface area contributed by atoms with E-state index in [0.717, 1.165) is 31.4 Å². The van der Waals surface area contributed by atoms with Gasteiger partial charge in [0.1, 0.15) is 5.75 Å². The summed E-state index contributed by atoms with van der Waals surface area (Å²) in [5.74, 6) is 3.02. The molecule has 0 saturated heterocycles. The second-order valence-electron chi connectivity index (χ2n) is 18.0. The number of rotatable bonds is 17. The smallest absolute Gasteiger partial charge is 0.250 e. The third-order valence-electron chi connectivity index (χ3n) is 12.4. The lowest BCUT2D eigenvalue weighted by molar-refractivity contribution is -0.0125. The first kappa shape index (κ1) is 39.3. The molecule has 1 fully saturated rings. The summed E-state index contributed by atoms with van der Waals surface area (Å²) in [6.45, 7) is 28.0. The van der Waals surface area contributed by atoms with Gasteiger partial charge in [0.2, 0.25) is 8.32 Å². The summed E-state index contributed by atoms with van der Waals surface area (Å²) < 4.78 is 26.9. The highest BCUT2D eigenvalue weighted by Gasteiger charge is 2.50. The van der Waals surface area contributed by atoms with Crippen molar-refractivity contribution in [3.05, 3.63) is 65.2 Å². The van der Waals surface area contributed by atoms with E-state index in [1.54, 1.807) is 0 Å². The van der Waals surface area contributed by atoms with Crippen molar-refractivity contribution < 1.29 is 18.3 Å². The molecule has 0 spiro atoms. The van der Waals surface area contributed by atoms with Gasteiger partial charge in [0.15, 0.2) is 8.32 Å². The minimum Gasteiger partial charge on any atom is -0.543 e. The van der Waals surface area contributed by atoms with Crippen molar-refractivity contribution in [2.75, 3.05) is 13.2 Å². The SMILES string of the molecule is CCCCC[C@@H](CC[C@H]1C(O[Si](C)(C)C(C)(C)C)C[C@@H]2Cc3c(cccc3O[Si](C)(C)C(C)(C)C)C[C@@H]21)OCCOCc1ccccc1. The maximum absolute atomic E-state index is 7.36. The maximum atomic E-state index is 7.36. The van der Waals surface area contributed by atoms with Crippen LogP contribution in [0.2, 0.25) is 36.3 Å². The first-order chi connectivity index (χ1) is 22.5. The van der Waals surface area contributed by atoms with Gasteiger partial charge in [-0.3, -0.25) is 0 Å². The Morgan fingerprint density at radius 2 is 1.50 bits per heavy atom. The van der Waals surface area contributed by atoms with Gasteiger partial charge in [0.05, 0.1) is 25.9 Å². The zero-order valence-electron chi connectivity index (χ0n) is 32.6. The first-order valence-corrected chi connectivity index (χ1v) is 25.0. The Bertz CT molecular complexity index is 1260. The molecule has 0 aromatic heterocycles. The molecule has 0 heterocycles. The Kier molecular flexibility index (Phi) is 13.7. The molecule has 0 aliphatic heterocycles. The van der Waals surface area contributed by atoms with E-state index < -0.39 is 16.6 Å². The number of hydrogen-bond acceptors (Lipinski definition) is 4. The van der Waals surface area contributed by atoms with Crippen molar-refractivity contribution in [3.63, 3.8) is 0 Å². The van der Waals surface area contributed by atoms with Crippen molar-refractivity contribution in [1.29, 1.82) is 0 Å². The minimum absolute atomic E-state index is 0.178. The lowest BCUT2D eigenvalue weighted by Gasteiger charge is -2.41. The molecule has 270 valence electrons. The normalized spacial score (nSPS) is 22.3. The number of benzene rings is 2. The number of ether oxygens (including phenoxy) is 2. The van der Waals surface area contributed by atoms with E-state index >= 15 is 0 Å². The summed E-state index contributed by atoms with van der Waals surface area (Å²) >= 11 is 0. The Hall–Kier alpha value is -1.45. The highest BCUT2D eigenvalue weighted by atomic mass is 28.4. The highest BCUT2D eigenvalue weighted by Crippen LogP contribution is 2.52. The highest BCUT2D eigenvalue weighted by molar-refractivity contribution is 6.75. The van der Waals surface area contributed by atoms with Gasteiger partial charge in [-0.15, -0.1) is 0 Å². The van der Waals surface area contributed by atoms with Crippen molar-refractivity contribution in [2.45, 2.75) is 161 Å². The van der Waals surface area contributed by atoms with Crippen molar-refractivity contribution in [3.8, 4) is 5.75 Å². The van der Waals surface area contributed by atoms with E-state index in [9.17, 15) is 0 Å². The fourth-order valence-electron chi connectivity index (χ4n) is 7.34. The number of unbranched alkanes of at least 4 members (excludes halogenated alkanes) is 2. The van der Waals surface area contributed by atoms with Crippen molar-refractivity contribution in [1.82, 2.24) is 0 Å². The molecule has 4 nitrogen and oxygen atoms in total. The topological polar surface area (TPSA) is 36.9 Å². The summed E-state index contributed by atoms with van der Waals surface area (Å²) in [5.41, 5.74) is 4.21. The molecule has 0 N–H and O–H groups in total. The van der Waals surface area contributed by atoms with Crippen LogP contribution >= 0.6 is 0 Å². The summed E-state index contributed by atoms with van der Waals surface area (Å²) in [6.07, 6.45) is 11.2. The molecular formula is C42H70O4Si2. The van der Waals surface area contributed by atoms with Crippen molar-refractivity contribution in [2.24, 2.45) is 17.8 Å². The monoisotopic (exact) mass is 694 g/mol. The van der Waals surface area contributed by atoms with Crippen LogP contribution in [0.1, 0.15) is 110 Å². The summed E-state index contributed by atoms with van der Waals surface area (Å²) in [4.78, 5) is 0. The number of fused-ring (bicyclic) bond motifs is 2. The Labute approximate surface area is 297 Å². The molecule has 0 radical (unpaired) electrons. The Morgan fingerprint density at radius 3 is 2.17 bits per heavy atom. The van der Waals surface area contributed by atoms with Crippen molar-refractivity contribution >= 4 is 16.6 Å². The fraction of sp³-hybridized carbons (Fsp3) is 0.714. The van der Waals surface area contributed by atoms with Crippen LogP contribution in [-0.2, 0) is 33.3 Å². The quantitative estimate of drug-likeness (QED) is 0.122. The van der Waals surface area contributed by atoms with Crippen LogP contribution in [0, 0.1) is 17.8 Å². The third-order valence-corrected chi connectivity index (χ3v) is 21.2. The second-order valence-corrected chi connectivity index (χ2v) is 27.5. The Balaban J connectivity index is 1.49. The molecule has 1 saturated carbocycles. The fourth-order valence-corrected chi connectivity index (χ4v) is 9.77. The third kappa shape index (κ3) is 10.3. The molecule has 2 aliphatic carbocycles. The van der Waals surface area contributed by atoms with Crippen LogP contribution in [-0.4, -0.2) is 42.1 Å². The predicted molar refractivity (Wildman–Crippen MR) is 208 cm³/mol. The number of hydrogen-bond donors (Lipinski definition) is 0. The standard InChI is InChI=1S/C42H70O4Si2/c1-12-13-15-22-35(44-27-26-43-31-32-19-16-14-17-20-32)24-25-36-37-28-33-21-18-23-39(45-47(8,9)41(2,3)4)38(33)29-34(37)30-40(36)46-48(10,11)42(5,6)7/h14,16-21,23,34-37,40H,12-13,15,22,24-31H2,1-11H3/t34-,35-,36+,37-,40?/m0/s1. The molecule has 2 aromatic rings. The van der Waals surface area contributed by atoms with Crippen LogP contribution in [0.15, 0.2) is 48.5 Å². The molecule has 5 atom stereocenters. The largest absolute Gasteiger partial charge is 0.543 e. The van der Waals surface area contributed by atoms with Gasteiger partial charge >= 0.3 is 0 Å². The van der Waals surface area contributed by atoms with Gasteiger partial charge in [0.25, 0.3) is 0 Å². The van der Waals surface area contributed by atoms with Crippen LogP contribution in [0.3, 0.4) is 0 Å². The van der Waals surface area contributed by atoms with E-state index in [0.29, 0.717) is 43.7 Å². The molecular weight excluding hydrogens is 625 g/mol. The zero-order chi connectivity index (χ0) is 35.2. The lowest BCUT2D eigenvalue weighted by atomic mass is 9.73. The van der Waals surface area contributed by atoms with Gasteiger partial charge in [0, 0.05) is 6.10 Å². The van der Waals surface area contributed by atoms with Gasteiger partial charge in [-0.1, -0.05) is 110 Å². The van der Waals surface area contributed by atoms with Gasteiger partial charge in [-0.05, 0) is 115 Å². The van der Waals surface area contributed by atoms with E-state index in [1.807, 2.05) is 0 Å². The molecule has 4 rings (SSSR count). The van der Waals surface area contributed by atoms with Crippen LogP contribution in [0.25, 0.3) is 0 Å². The zero-order valence-corrected chi connectivity index (χ0v) is 34.6. The summed E-state index contributed by atoms with van der Waals surface area (Å²) in [5, 5.41) is 0.376. The van der Waals surface area contributed by atoms with Crippen LogP contribution in [0.4, 0.5) is 0 Å². The maximum Gasteiger partial charge on any atom is 0.250 e. The first-order valence-electron chi connectivity index (χ1n) is 19.2. The predicted octanol–water partition coefficient (Wildman–Crippen LogP) is 11.8. The minimum atomic E-state index is -1.93. The molecule has 0 amide bonds. The summed E-state index contributed by atoms with van der Waals surface area (Å²) in [7, 11) is -3.86. The Morgan fingerprint density at radius 1 is 0.792 bits per heavy atom. The molecule has 1 unspecified atom stereocenters. The van der Waals surface area contributed by atoms with E-state index in [4.69, 9.17) is 18.3 Å². The van der Waals surface area contributed by atoms with Crippen LogP contribution < -0.4 is 4.43 Å². The van der Waals surface area contributed by atoms with E-state index in [-0.39, 0.29) is 16.2 Å². The second kappa shape index (κ2) is 16.7. The van der Waals surface area contributed by atoms with E-state index in [2.05, 4.69) is 123 Å².